The molecule has 0 aliphatic rings. The lowest BCUT2D eigenvalue weighted by molar-refractivity contribution is -0.157. The fraction of sp³-hybridized carbons (Fsp3) is 0.364. The van der Waals surface area contributed by atoms with Gasteiger partial charge in [0.1, 0.15) is 5.75 Å². The first kappa shape index (κ1) is 12.5. The van der Waals surface area contributed by atoms with Crippen molar-refractivity contribution in [2.24, 2.45) is 0 Å². The largest absolute Gasteiger partial charge is 0.496 e. The second-order valence-corrected chi connectivity index (χ2v) is 3.15. The minimum Gasteiger partial charge on any atom is -0.496 e. The van der Waals surface area contributed by atoms with Crippen LogP contribution < -0.4 is 4.74 Å². The highest BCUT2D eigenvalue weighted by Gasteiger charge is 2.24. The summed E-state index contributed by atoms with van der Waals surface area (Å²) >= 11 is 0. The minimum absolute atomic E-state index is 0.142. The van der Waals surface area contributed by atoms with Crippen LogP contribution in [0.5, 0.6) is 5.75 Å². The lowest BCUT2D eigenvalue weighted by Gasteiger charge is -2.21. The zero-order valence-electron chi connectivity index (χ0n) is 8.87. The molecule has 0 radical (unpaired) electrons. The van der Waals surface area contributed by atoms with Crippen molar-refractivity contribution in [2.45, 2.75) is 12.2 Å². The summed E-state index contributed by atoms with van der Waals surface area (Å²) in [5, 5.41) is 18.7. The number of aliphatic hydroxyl groups excluding tert-OH is 2. The maximum absolute atomic E-state index is 10.1. The molecule has 2 unspecified atom stereocenters. The summed E-state index contributed by atoms with van der Waals surface area (Å²) in [6, 6.07) is 6.90. The van der Waals surface area contributed by atoms with Crippen molar-refractivity contribution in [1.29, 1.82) is 0 Å². The number of aliphatic hydroxyl groups is 2. The molecule has 1 rings (SSSR count). The van der Waals surface area contributed by atoms with Crippen molar-refractivity contribution in [3.8, 4) is 5.75 Å². The first-order chi connectivity index (χ1) is 7.74. The number of carbonyl (C=O) groups excluding carboxylic acids is 1. The maximum atomic E-state index is 10.1. The van der Waals surface area contributed by atoms with Gasteiger partial charge in [-0.25, -0.2) is 0 Å². The van der Waals surface area contributed by atoms with Gasteiger partial charge in [0.2, 0.25) is 6.29 Å². The van der Waals surface area contributed by atoms with E-state index in [2.05, 4.69) is 4.74 Å². The Hall–Kier alpha value is -1.59. The van der Waals surface area contributed by atoms with Crippen LogP contribution in [0.4, 0.5) is 0 Å². The van der Waals surface area contributed by atoms with Gasteiger partial charge in [-0.05, 0) is 6.07 Å². The summed E-state index contributed by atoms with van der Waals surface area (Å²) in [5.74, 6) is -0.198. The minimum atomic E-state index is -1.39. The van der Waals surface area contributed by atoms with E-state index in [4.69, 9.17) is 4.74 Å². The molecule has 88 valence electrons. The summed E-state index contributed by atoms with van der Waals surface area (Å²) in [7, 11) is 1.49. The van der Waals surface area contributed by atoms with Crippen LogP contribution in [0.3, 0.4) is 0 Å². The van der Waals surface area contributed by atoms with E-state index >= 15 is 0 Å². The molecule has 5 nitrogen and oxygen atoms in total. The Bertz CT molecular complexity index is 339. The van der Waals surface area contributed by atoms with Crippen LogP contribution in [-0.2, 0) is 9.53 Å². The van der Waals surface area contributed by atoms with E-state index in [1.165, 1.54) is 7.11 Å². The van der Waals surface area contributed by atoms with E-state index in [0.29, 0.717) is 11.3 Å². The quantitative estimate of drug-likeness (QED) is 0.537. The first-order valence-corrected chi connectivity index (χ1v) is 4.75. The average molecular weight is 226 g/mol. The standard InChI is InChI=1S/C11H14O5/c1-15-10-5-3-2-4-8(10)9(6-12)11(14)16-7-13/h2-5,7,9,11-12,14H,6H2,1H3. The number of hydrogen-bond acceptors (Lipinski definition) is 5. The highest BCUT2D eigenvalue weighted by atomic mass is 16.6. The lowest BCUT2D eigenvalue weighted by atomic mass is 9.98. The van der Waals surface area contributed by atoms with Crippen LogP contribution in [0.25, 0.3) is 0 Å². The molecule has 16 heavy (non-hydrogen) atoms. The number of rotatable bonds is 6. The molecule has 0 heterocycles. The molecule has 0 aliphatic heterocycles. The van der Waals surface area contributed by atoms with Gasteiger partial charge in [0.25, 0.3) is 6.47 Å². The van der Waals surface area contributed by atoms with E-state index in [1.807, 2.05) is 0 Å². The molecule has 0 bridgehead atoms. The Balaban J connectivity index is 2.97. The molecule has 0 aromatic heterocycles. The van der Waals surface area contributed by atoms with Gasteiger partial charge in [0, 0.05) is 5.56 Å². The molecule has 1 aromatic carbocycles. The molecule has 0 saturated carbocycles. The fourth-order valence-corrected chi connectivity index (χ4v) is 1.47. The zero-order chi connectivity index (χ0) is 12.0. The van der Waals surface area contributed by atoms with Gasteiger partial charge in [-0.3, -0.25) is 4.79 Å². The molecular weight excluding hydrogens is 212 g/mol. The van der Waals surface area contributed by atoms with E-state index < -0.39 is 12.2 Å². The highest BCUT2D eigenvalue weighted by Crippen LogP contribution is 2.28. The highest BCUT2D eigenvalue weighted by molar-refractivity contribution is 5.40. The number of benzene rings is 1. The van der Waals surface area contributed by atoms with Crippen molar-refractivity contribution in [3.05, 3.63) is 29.8 Å². The van der Waals surface area contributed by atoms with E-state index in [0.717, 1.165) is 0 Å². The molecule has 1 aromatic rings. The van der Waals surface area contributed by atoms with Gasteiger partial charge in [-0.2, -0.15) is 0 Å². The van der Waals surface area contributed by atoms with Crippen LogP contribution in [0.2, 0.25) is 0 Å². The van der Waals surface area contributed by atoms with Crippen molar-refractivity contribution >= 4 is 6.47 Å². The van der Waals surface area contributed by atoms with Crippen molar-refractivity contribution in [2.75, 3.05) is 13.7 Å². The molecule has 0 fully saturated rings. The Labute approximate surface area is 93.2 Å². The van der Waals surface area contributed by atoms with E-state index in [-0.39, 0.29) is 13.1 Å². The van der Waals surface area contributed by atoms with Gasteiger partial charge >= 0.3 is 0 Å². The molecular formula is C11H14O5. The first-order valence-electron chi connectivity index (χ1n) is 4.75. The second-order valence-electron chi connectivity index (χ2n) is 3.15. The Kier molecular flexibility index (Phi) is 4.75. The van der Waals surface area contributed by atoms with Gasteiger partial charge in [-0.15, -0.1) is 0 Å². The monoisotopic (exact) mass is 226 g/mol. The molecule has 5 heteroatoms. The molecule has 2 atom stereocenters. The fourth-order valence-electron chi connectivity index (χ4n) is 1.47. The van der Waals surface area contributed by atoms with Crippen LogP contribution in [0.1, 0.15) is 11.5 Å². The maximum Gasteiger partial charge on any atom is 0.295 e. The summed E-state index contributed by atoms with van der Waals surface area (Å²) in [5.41, 5.74) is 0.585. The second kappa shape index (κ2) is 6.09. The molecule has 2 N–H and O–H groups in total. The summed E-state index contributed by atoms with van der Waals surface area (Å²) in [6.45, 7) is -0.210. The Morgan fingerprint density at radius 2 is 2.12 bits per heavy atom. The predicted octanol–water partition coefficient (Wildman–Crippen LogP) is 0.262. The SMILES string of the molecule is COc1ccccc1C(CO)C(O)OC=O. The summed E-state index contributed by atoms with van der Waals surface area (Å²) in [4.78, 5) is 10.1. The Morgan fingerprint density at radius 3 is 2.69 bits per heavy atom. The number of carbonyl (C=O) groups is 1. The normalized spacial score (nSPS) is 13.9. The Morgan fingerprint density at radius 1 is 1.44 bits per heavy atom. The van der Waals surface area contributed by atoms with Crippen LogP contribution in [0.15, 0.2) is 24.3 Å². The zero-order valence-corrected chi connectivity index (χ0v) is 8.87. The van der Waals surface area contributed by atoms with E-state index in [9.17, 15) is 15.0 Å². The van der Waals surface area contributed by atoms with Crippen molar-refractivity contribution in [1.82, 2.24) is 0 Å². The molecule has 0 saturated heterocycles. The topological polar surface area (TPSA) is 76.0 Å². The van der Waals surface area contributed by atoms with Gasteiger partial charge in [0.15, 0.2) is 0 Å². The third kappa shape index (κ3) is 2.71. The van der Waals surface area contributed by atoms with Crippen molar-refractivity contribution in [3.63, 3.8) is 0 Å². The smallest absolute Gasteiger partial charge is 0.295 e. The number of ether oxygens (including phenoxy) is 2. The predicted molar refractivity (Wildman–Crippen MR) is 56.0 cm³/mol. The number of methoxy groups -OCH3 is 1. The van der Waals surface area contributed by atoms with Gasteiger partial charge in [-0.1, -0.05) is 18.2 Å². The summed E-state index contributed by atoms with van der Waals surface area (Å²) in [6.07, 6.45) is -1.39. The average Bonchev–Trinajstić information content (AvgIpc) is 2.31. The molecule has 0 amide bonds. The van der Waals surface area contributed by atoms with Crippen LogP contribution in [-0.4, -0.2) is 36.7 Å². The van der Waals surface area contributed by atoms with Crippen LogP contribution in [0, 0.1) is 0 Å². The summed E-state index contributed by atoms with van der Waals surface area (Å²) < 4.78 is 9.50. The third-order valence-electron chi connectivity index (χ3n) is 2.27. The molecule has 0 spiro atoms. The number of para-hydroxylation sites is 1. The van der Waals surface area contributed by atoms with Gasteiger partial charge in [0.05, 0.1) is 19.6 Å². The van der Waals surface area contributed by atoms with Crippen molar-refractivity contribution < 1.29 is 24.5 Å². The third-order valence-corrected chi connectivity index (χ3v) is 2.27. The van der Waals surface area contributed by atoms with Gasteiger partial charge < -0.3 is 19.7 Å². The lowest BCUT2D eigenvalue weighted by Crippen LogP contribution is -2.24. The van der Waals surface area contributed by atoms with E-state index in [1.54, 1.807) is 24.3 Å². The molecule has 0 aliphatic carbocycles. The number of hydrogen-bond donors (Lipinski definition) is 2. The van der Waals surface area contributed by atoms with Crippen LogP contribution >= 0.6 is 0 Å².